The molecule has 1 aliphatic heterocycles. The third-order valence-corrected chi connectivity index (χ3v) is 6.19. The third kappa shape index (κ3) is 5.27. The Kier molecular flexibility index (Phi) is 6.81. The van der Waals surface area contributed by atoms with Crippen LogP contribution in [0, 0.1) is 5.82 Å². The van der Waals surface area contributed by atoms with E-state index in [0.717, 1.165) is 35.2 Å². The van der Waals surface area contributed by atoms with E-state index in [0.29, 0.717) is 17.5 Å². The Morgan fingerprint density at radius 2 is 1.97 bits per heavy atom. The Morgan fingerprint density at radius 3 is 2.67 bits per heavy atom. The van der Waals surface area contributed by atoms with E-state index >= 15 is 0 Å². The second-order valence-corrected chi connectivity index (χ2v) is 8.76. The molecule has 0 spiro atoms. The molecule has 30 heavy (non-hydrogen) atoms. The highest BCUT2D eigenvalue weighted by Gasteiger charge is 2.22. The maximum absolute atomic E-state index is 13.3. The van der Waals surface area contributed by atoms with Crippen LogP contribution in [0.25, 0.3) is 11.4 Å². The van der Waals surface area contributed by atoms with Gasteiger partial charge < -0.3 is 10.1 Å². The van der Waals surface area contributed by atoms with Crippen molar-refractivity contribution < 1.29 is 13.9 Å². The Hall–Kier alpha value is -2.23. The molecule has 0 unspecified atom stereocenters. The Morgan fingerprint density at radius 1 is 1.20 bits per heavy atom. The largest absolute Gasteiger partial charge is 0.376 e. The van der Waals surface area contributed by atoms with Crippen LogP contribution in [-0.4, -0.2) is 39.1 Å². The molecule has 1 fully saturated rings. The number of anilines is 1. The highest BCUT2D eigenvalue weighted by molar-refractivity contribution is 9.10. The lowest BCUT2D eigenvalue weighted by molar-refractivity contribution is -0.113. The lowest BCUT2D eigenvalue weighted by atomic mass is 10.2. The lowest BCUT2D eigenvalue weighted by Crippen LogP contribution is -2.18. The average molecular weight is 491 g/mol. The molecule has 2 aromatic carbocycles. The number of thioether (sulfide) groups is 1. The summed E-state index contributed by atoms with van der Waals surface area (Å²) in [6, 6.07) is 13.6. The maximum Gasteiger partial charge on any atom is 0.234 e. The quantitative estimate of drug-likeness (QED) is 0.483. The van der Waals surface area contributed by atoms with Gasteiger partial charge in [0.1, 0.15) is 5.82 Å². The van der Waals surface area contributed by atoms with Crippen LogP contribution in [0.4, 0.5) is 10.1 Å². The van der Waals surface area contributed by atoms with Gasteiger partial charge in [-0.05, 0) is 61.4 Å². The van der Waals surface area contributed by atoms with Gasteiger partial charge in [-0.25, -0.2) is 4.39 Å². The maximum atomic E-state index is 13.3. The van der Waals surface area contributed by atoms with E-state index in [4.69, 9.17) is 4.74 Å². The highest BCUT2D eigenvalue weighted by atomic mass is 79.9. The predicted molar refractivity (Wildman–Crippen MR) is 118 cm³/mol. The Bertz CT molecular complexity index is 1000. The zero-order valence-corrected chi connectivity index (χ0v) is 18.5. The number of carbonyl (C=O) groups is 1. The predicted octanol–water partition coefficient (Wildman–Crippen LogP) is 4.76. The van der Waals surface area contributed by atoms with E-state index in [1.54, 1.807) is 12.1 Å². The van der Waals surface area contributed by atoms with Crippen LogP contribution in [0.5, 0.6) is 0 Å². The van der Waals surface area contributed by atoms with Crippen LogP contribution in [0.15, 0.2) is 58.2 Å². The summed E-state index contributed by atoms with van der Waals surface area (Å²) in [6.07, 6.45) is 2.07. The van der Waals surface area contributed by atoms with Gasteiger partial charge >= 0.3 is 0 Å². The SMILES string of the molecule is O=C(CSc1nnc(-c2ccc(F)cc2)n1C[C@@H]1CCCO1)Nc1ccc(Br)cc1. The minimum Gasteiger partial charge on any atom is -0.376 e. The molecule has 6 nitrogen and oxygen atoms in total. The number of rotatable bonds is 7. The van der Waals surface area contributed by atoms with Gasteiger partial charge in [-0.3, -0.25) is 9.36 Å². The summed E-state index contributed by atoms with van der Waals surface area (Å²) in [5, 5.41) is 12.1. The number of nitrogens with zero attached hydrogens (tertiary/aromatic N) is 3. The summed E-state index contributed by atoms with van der Waals surface area (Å²) < 4.78 is 22.0. The van der Waals surface area contributed by atoms with Gasteiger partial charge in [-0.15, -0.1) is 10.2 Å². The minimum absolute atomic E-state index is 0.0798. The van der Waals surface area contributed by atoms with Crippen LogP contribution in [0.3, 0.4) is 0 Å². The van der Waals surface area contributed by atoms with Crippen LogP contribution in [-0.2, 0) is 16.1 Å². The molecule has 0 saturated carbocycles. The van der Waals surface area contributed by atoms with E-state index < -0.39 is 0 Å². The van der Waals surface area contributed by atoms with Gasteiger partial charge in [0, 0.05) is 22.3 Å². The number of hydrogen-bond donors (Lipinski definition) is 1. The summed E-state index contributed by atoms with van der Waals surface area (Å²) in [5.41, 5.74) is 1.50. The number of aromatic nitrogens is 3. The van der Waals surface area contributed by atoms with Gasteiger partial charge in [0.15, 0.2) is 11.0 Å². The second-order valence-electron chi connectivity index (χ2n) is 6.90. The molecule has 4 rings (SSSR count). The van der Waals surface area contributed by atoms with Crippen molar-refractivity contribution in [3.63, 3.8) is 0 Å². The first-order valence-corrected chi connectivity index (χ1v) is 11.4. The van der Waals surface area contributed by atoms with Crippen LogP contribution in [0.1, 0.15) is 12.8 Å². The van der Waals surface area contributed by atoms with Gasteiger partial charge in [-0.2, -0.15) is 0 Å². The van der Waals surface area contributed by atoms with Crippen molar-refractivity contribution >= 4 is 39.3 Å². The third-order valence-electron chi connectivity index (χ3n) is 4.69. The van der Waals surface area contributed by atoms with Crippen LogP contribution >= 0.6 is 27.7 Å². The second kappa shape index (κ2) is 9.72. The van der Waals surface area contributed by atoms with Crippen molar-refractivity contribution in [2.45, 2.75) is 30.6 Å². The van der Waals surface area contributed by atoms with Gasteiger partial charge in [0.05, 0.1) is 18.4 Å². The summed E-state index contributed by atoms with van der Waals surface area (Å²) in [6.45, 7) is 1.34. The number of halogens is 2. The first-order valence-electron chi connectivity index (χ1n) is 9.57. The van der Waals surface area contributed by atoms with Crippen molar-refractivity contribution in [2.75, 3.05) is 17.7 Å². The van der Waals surface area contributed by atoms with E-state index in [-0.39, 0.29) is 23.6 Å². The molecule has 0 bridgehead atoms. The number of amides is 1. The highest BCUT2D eigenvalue weighted by Crippen LogP contribution is 2.27. The Labute approximate surface area is 186 Å². The first kappa shape index (κ1) is 21.0. The Balaban J connectivity index is 1.49. The summed E-state index contributed by atoms with van der Waals surface area (Å²) >= 11 is 4.69. The normalized spacial score (nSPS) is 16.0. The molecule has 1 N–H and O–H groups in total. The molecule has 0 aliphatic carbocycles. The number of hydrogen-bond acceptors (Lipinski definition) is 5. The van der Waals surface area contributed by atoms with Crippen LogP contribution < -0.4 is 5.32 Å². The van der Waals surface area contributed by atoms with Crippen molar-refractivity contribution in [3.8, 4) is 11.4 Å². The molecule has 9 heteroatoms. The molecule has 0 radical (unpaired) electrons. The average Bonchev–Trinajstić information content (AvgIpc) is 3.39. The molecule has 1 amide bonds. The lowest BCUT2D eigenvalue weighted by Gasteiger charge is -2.14. The standard InChI is InChI=1S/C21H20BrFN4O2S/c22-15-5-9-17(10-6-15)24-19(28)13-30-21-26-25-20(14-3-7-16(23)8-4-14)27(21)12-18-2-1-11-29-18/h3-10,18H,1-2,11-13H2,(H,24,28)/t18-/m0/s1. The van der Waals surface area contributed by atoms with Crippen molar-refractivity contribution in [2.24, 2.45) is 0 Å². The summed E-state index contributed by atoms with van der Waals surface area (Å²) in [7, 11) is 0. The molecule has 3 aromatic rings. The molecule has 2 heterocycles. The number of nitrogens with one attached hydrogen (secondary N) is 1. The summed E-state index contributed by atoms with van der Waals surface area (Å²) in [5.74, 6) is 0.408. The zero-order valence-electron chi connectivity index (χ0n) is 16.1. The topological polar surface area (TPSA) is 69.0 Å². The van der Waals surface area contributed by atoms with E-state index in [1.165, 1.54) is 23.9 Å². The van der Waals surface area contributed by atoms with Crippen LogP contribution in [0.2, 0.25) is 0 Å². The molecule has 156 valence electrons. The van der Waals surface area contributed by atoms with E-state index in [2.05, 4.69) is 31.4 Å². The molecule has 1 aliphatic rings. The number of carbonyl (C=O) groups excluding carboxylic acids is 1. The first-order chi connectivity index (χ1) is 14.6. The fourth-order valence-electron chi connectivity index (χ4n) is 3.22. The number of ether oxygens (including phenoxy) is 1. The monoisotopic (exact) mass is 490 g/mol. The molecule has 1 saturated heterocycles. The zero-order chi connectivity index (χ0) is 20.9. The van der Waals surface area contributed by atoms with Gasteiger partial charge in [-0.1, -0.05) is 27.7 Å². The van der Waals surface area contributed by atoms with E-state index in [1.807, 2.05) is 28.8 Å². The summed E-state index contributed by atoms with van der Waals surface area (Å²) in [4.78, 5) is 12.4. The molecular weight excluding hydrogens is 471 g/mol. The van der Waals surface area contributed by atoms with Gasteiger partial charge in [0.25, 0.3) is 0 Å². The smallest absolute Gasteiger partial charge is 0.234 e. The van der Waals surface area contributed by atoms with Crippen molar-refractivity contribution in [1.29, 1.82) is 0 Å². The van der Waals surface area contributed by atoms with Crippen molar-refractivity contribution in [1.82, 2.24) is 14.8 Å². The van der Waals surface area contributed by atoms with E-state index in [9.17, 15) is 9.18 Å². The fourth-order valence-corrected chi connectivity index (χ4v) is 4.24. The fraction of sp³-hybridized carbons (Fsp3) is 0.286. The molecular formula is C21H20BrFN4O2S. The minimum atomic E-state index is -0.303. The van der Waals surface area contributed by atoms with Gasteiger partial charge in [0.2, 0.25) is 5.91 Å². The van der Waals surface area contributed by atoms with Crippen molar-refractivity contribution in [3.05, 3.63) is 58.8 Å². The molecule has 1 atom stereocenters. The number of benzene rings is 2. The molecule has 1 aromatic heterocycles.